The number of hydrogen-bond acceptors (Lipinski definition) is 3. The average Bonchev–Trinajstić information content (AvgIpc) is 2.54. The first kappa shape index (κ1) is 12.2. The van der Waals surface area contributed by atoms with Crippen molar-refractivity contribution in [3.63, 3.8) is 0 Å². The molecule has 0 unspecified atom stereocenters. The molecular formula is C19H17N3. The Bertz CT molecular complexity index is 857. The summed E-state index contributed by atoms with van der Waals surface area (Å²) in [6, 6.07) is 0. The third kappa shape index (κ3) is 1.09. The first-order chi connectivity index (χ1) is 10.7. The van der Waals surface area contributed by atoms with Crippen molar-refractivity contribution in [2.45, 2.75) is 13.8 Å². The average molecular weight is 287 g/mol. The SMILES string of the molecule is C[C@@]12C3=CC=C4C=CC=C(C5=C(N=NCN5)C1=CC=C3)[C@@]42C. The van der Waals surface area contributed by atoms with Gasteiger partial charge >= 0.3 is 0 Å². The van der Waals surface area contributed by atoms with Crippen LogP contribution in [0.5, 0.6) is 0 Å². The van der Waals surface area contributed by atoms with Crippen LogP contribution in [0.4, 0.5) is 0 Å². The van der Waals surface area contributed by atoms with Crippen molar-refractivity contribution in [1.29, 1.82) is 0 Å². The van der Waals surface area contributed by atoms with Gasteiger partial charge in [0.05, 0.1) is 5.70 Å². The molecule has 5 rings (SSSR count). The number of nitrogens with one attached hydrogen (secondary N) is 1. The second-order valence-corrected chi connectivity index (χ2v) is 6.67. The van der Waals surface area contributed by atoms with Gasteiger partial charge in [0.15, 0.2) is 0 Å². The minimum atomic E-state index is -0.0979. The highest BCUT2D eigenvalue weighted by molar-refractivity contribution is 5.70. The number of fused-ring (bicyclic) bond motifs is 2. The molecule has 1 heterocycles. The molecule has 0 aromatic rings. The molecule has 0 amide bonds. The topological polar surface area (TPSA) is 36.8 Å². The van der Waals surface area contributed by atoms with E-state index in [-0.39, 0.29) is 10.8 Å². The highest BCUT2D eigenvalue weighted by atomic mass is 15.2. The van der Waals surface area contributed by atoms with E-state index in [4.69, 9.17) is 0 Å². The highest BCUT2D eigenvalue weighted by Crippen LogP contribution is 2.67. The van der Waals surface area contributed by atoms with Crippen LogP contribution in [0.15, 0.2) is 92.5 Å². The fourth-order valence-corrected chi connectivity index (χ4v) is 4.63. The Balaban J connectivity index is 1.96. The van der Waals surface area contributed by atoms with Crippen LogP contribution < -0.4 is 5.32 Å². The summed E-state index contributed by atoms with van der Waals surface area (Å²) in [5, 5.41) is 12.2. The van der Waals surface area contributed by atoms with Gasteiger partial charge in [0.1, 0.15) is 12.4 Å². The molecule has 1 aliphatic heterocycles. The molecule has 2 atom stereocenters. The van der Waals surface area contributed by atoms with Gasteiger partial charge in [0, 0.05) is 10.8 Å². The molecule has 3 nitrogen and oxygen atoms in total. The van der Waals surface area contributed by atoms with Crippen LogP contribution in [0.3, 0.4) is 0 Å². The molecule has 3 heteroatoms. The van der Waals surface area contributed by atoms with E-state index in [0.29, 0.717) is 6.67 Å². The van der Waals surface area contributed by atoms with Crippen molar-refractivity contribution in [2.24, 2.45) is 21.1 Å². The fraction of sp³-hybridized carbons (Fsp3) is 0.263. The van der Waals surface area contributed by atoms with Crippen molar-refractivity contribution in [3.8, 4) is 0 Å². The van der Waals surface area contributed by atoms with Crippen molar-refractivity contribution in [3.05, 3.63) is 82.3 Å². The van der Waals surface area contributed by atoms with Gasteiger partial charge < -0.3 is 5.32 Å². The van der Waals surface area contributed by atoms with E-state index < -0.39 is 0 Å². The number of rotatable bonds is 0. The van der Waals surface area contributed by atoms with Crippen LogP contribution >= 0.6 is 0 Å². The lowest BCUT2D eigenvalue weighted by Gasteiger charge is -2.57. The summed E-state index contributed by atoms with van der Waals surface area (Å²) in [5.41, 5.74) is 7.30. The Morgan fingerprint density at radius 2 is 1.55 bits per heavy atom. The fourth-order valence-electron chi connectivity index (χ4n) is 4.63. The van der Waals surface area contributed by atoms with Crippen molar-refractivity contribution < 1.29 is 0 Å². The van der Waals surface area contributed by atoms with Gasteiger partial charge in [-0.1, -0.05) is 62.5 Å². The Morgan fingerprint density at radius 1 is 0.909 bits per heavy atom. The minimum absolute atomic E-state index is 0.0683. The zero-order valence-electron chi connectivity index (χ0n) is 12.7. The monoisotopic (exact) mass is 287 g/mol. The van der Waals surface area contributed by atoms with Gasteiger partial charge in [-0.2, -0.15) is 10.2 Å². The van der Waals surface area contributed by atoms with E-state index in [1.165, 1.54) is 22.3 Å². The third-order valence-electron chi connectivity index (χ3n) is 6.01. The molecule has 0 fully saturated rings. The molecule has 5 aliphatic rings. The smallest absolute Gasteiger partial charge is 0.129 e. The molecule has 22 heavy (non-hydrogen) atoms. The van der Waals surface area contributed by atoms with Crippen molar-refractivity contribution in [1.82, 2.24) is 5.32 Å². The van der Waals surface area contributed by atoms with E-state index in [0.717, 1.165) is 11.4 Å². The predicted octanol–water partition coefficient (Wildman–Crippen LogP) is 4.10. The highest BCUT2D eigenvalue weighted by Gasteiger charge is 2.59. The normalized spacial score (nSPS) is 36.6. The lowest BCUT2D eigenvalue weighted by atomic mass is 9.46. The van der Waals surface area contributed by atoms with Crippen LogP contribution in [0, 0.1) is 10.8 Å². The molecule has 0 saturated carbocycles. The Hall–Kier alpha value is -2.42. The zero-order valence-corrected chi connectivity index (χ0v) is 12.7. The molecule has 0 spiro atoms. The summed E-state index contributed by atoms with van der Waals surface area (Å²) in [7, 11) is 0. The zero-order chi connectivity index (χ0) is 14.9. The Morgan fingerprint density at radius 3 is 2.27 bits per heavy atom. The maximum Gasteiger partial charge on any atom is 0.129 e. The lowest BCUT2D eigenvalue weighted by molar-refractivity contribution is 0.236. The van der Waals surface area contributed by atoms with Crippen LogP contribution in [-0.2, 0) is 0 Å². The van der Waals surface area contributed by atoms with Crippen LogP contribution in [-0.4, -0.2) is 6.67 Å². The molecule has 1 N–H and O–H groups in total. The van der Waals surface area contributed by atoms with Crippen molar-refractivity contribution in [2.75, 3.05) is 6.67 Å². The van der Waals surface area contributed by atoms with E-state index >= 15 is 0 Å². The molecule has 0 saturated heterocycles. The quantitative estimate of drug-likeness (QED) is 0.715. The van der Waals surface area contributed by atoms with Crippen LogP contribution in [0.1, 0.15) is 13.8 Å². The first-order valence-corrected chi connectivity index (χ1v) is 7.74. The van der Waals surface area contributed by atoms with Gasteiger partial charge in [-0.15, -0.1) is 0 Å². The van der Waals surface area contributed by atoms with E-state index in [9.17, 15) is 0 Å². The largest absolute Gasteiger partial charge is 0.363 e. The first-order valence-electron chi connectivity index (χ1n) is 7.74. The summed E-state index contributed by atoms with van der Waals surface area (Å²) < 4.78 is 0. The second-order valence-electron chi connectivity index (χ2n) is 6.67. The Kier molecular flexibility index (Phi) is 2.03. The van der Waals surface area contributed by atoms with Gasteiger partial charge in [-0.3, -0.25) is 0 Å². The number of hydrogen-bond donors (Lipinski definition) is 1. The van der Waals surface area contributed by atoms with Crippen LogP contribution in [0.2, 0.25) is 0 Å². The molecule has 4 aliphatic carbocycles. The molecule has 0 radical (unpaired) electrons. The van der Waals surface area contributed by atoms with E-state index in [1.807, 2.05) is 0 Å². The standard InChI is InChI=1S/C19H17N3/c1-18-12-5-3-7-14(18)16-17(22-21-11-20-16)15-8-4-6-13(10-9-12)19(15,18)2/h3-10,20H,11H2,1-2H3/t18-,19-/m1/s1. The summed E-state index contributed by atoms with van der Waals surface area (Å²) in [5.74, 6) is 0. The van der Waals surface area contributed by atoms with Gasteiger partial charge in [0.2, 0.25) is 0 Å². The summed E-state index contributed by atoms with van der Waals surface area (Å²) in [6.45, 7) is 5.27. The van der Waals surface area contributed by atoms with E-state index in [2.05, 4.69) is 78.0 Å². The number of allylic oxidation sites excluding steroid dienone is 12. The van der Waals surface area contributed by atoms with Gasteiger partial charge in [0.25, 0.3) is 0 Å². The number of nitrogens with zero attached hydrogens (tertiary/aromatic N) is 2. The lowest BCUT2D eigenvalue weighted by Crippen LogP contribution is -2.51. The predicted molar refractivity (Wildman–Crippen MR) is 86.7 cm³/mol. The van der Waals surface area contributed by atoms with Gasteiger partial charge in [-0.25, -0.2) is 0 Å². The summed E-state index contributed by atoms with van der Waals surface area (Å²) in [6.07, 6.45) is 17.7. The molecule has 0 bridgehead atoms. The summed E-state index contributed by atoms with van der Waals surface area (Å²) in [4.78, 5) is 0. The van der Waals surface area contributed by atoms with E-state index in [1.54, 1.807) is 0 Å². The summed E-state index contributed by atoms with van der Waals surface area (Å²) >= 11 is 0. The molecular weight excluding hydrogens is 270 g/mol. The second kappa shape index (κ2) is 3.67. The molecule has 0 aromatic carbocycles. The van der Waals surface area contributed by atoms with Crippen molar-refractivity contribution >= 4 is 0 Å². The Labute approximate surface area is 129 Å². The minimum Gasteiger partial charge on any atom is -0.363 e. The van der Waals surface area contributed by atoms with Gasteiger partial charge in [-0.05, 0) is 22.3 Å². The molecule has 108 valence electrons. The maximum atomic E-state index is 4.52. The number of azo groups is 1. The third-order valence-corrected chi connectivity index (χ3v) is 6.01. The maximum absolute atomic E-state index is 4.52. The molecule has 0 aromatic heterocycles. The van der Waals surface area contributed by atoms with Crippen LogP contribution in [0.25, 0.3) is 0 Å².